The van der Waals surface area contributed by atoms with E-state index in [4.69, 9.17) is 11.6 Å². The number of aromatic nitrogens is 1. The number of anilines is 1. The summed E-state index contributed by atoms with van der Waals surface area (Å²) in [7, 11) is 1.59. The van der Waals surface area contributed by atoms with Crippen molar-refractivity contribution in [1.82, 2.24) is 20.1 Å². The molecule has 0 unspecified atom stereocenters. The molecule has 2 aliphatic heterocycles. The number of nitrogens with zero attached hydrogens (tertiary/aromatic N) is 3. The number of piperidine rings is 1. The number of likely N-dealkylation sites (tertiary alicyclic amines) is 2. The zero-order valence-corrected chi connectivity index (χ0v) is 21.0. The van der Waals surface area contributed by atoms with Crippen LogP contribution < -0.4 is 10.6 Å². The Labute approximate surface area is 206 Å². The van der Waals surface area contributed by atoms with Crippen LogP contribution >= 0.6 is 11.6 Å². The third-order valence-corrected chi connectivity index (χ3v) is 7.37. The molecule has 0 aliphatic carbocycles. The minimum Gasteiger partial charge on any atom is -0.355 e. The summed E-state index contributed by atoms with van der Waals surface area (Å²) in [6.07, 6.45) is 3.98. The van der Waals surface area contributed by atoms with Crippen molar-refractivity contribution in [1.29, 1.82) is 0 Å². The van der Waals surface area contributed by atoms with Gasteiger partial charge in [0.15, 0.2) is 0 Å². The molecule has 4 rings (SSSR count). The number of benzene rings is 1. The first kappa shape index (κ1) is 24.6. The maximum absolute atomic E-state index is 13.2. The van der Waals surface area contributed by atoms with E-state index in [0.717, 1.165) is 62.4 Å². The molecular formula is C26H34ClN5O2. The second-order valence-electron chi connectivity index (χ2n) is 9.44. The van der Waals surface area contributed by atoms with Crippen LogP contribution in [0.25, 0.3) is 0 Å². The van der Waals surface area contributed by atoms with Gasteiger partial charge in [0.1, 0.15) is 5.82 Å². The highest BCUT2D eigenvalue weighted by molar-refractivity contribution is 6.31. The lowest BCUT2D eigenvalue weighted by atomic mass is 10.0. The van der Waals surface area contributed by atoms with Crippen LogP contribution in [-0.2, 0) is 11.3 Å². The van der Waals surface area contributed by atoms with Crippen LogP contribution in [0.1, 0.15) is 52.9 Å². The Hall–Kier alpha value is -2.48. The van der Waals surface area contributed by atoms with Gasteiger partial charge in [-0.2, -0.15) is 0 Å². The Morgan fingerprint density at radius 1 is 1.09 bits per heavy atom. The van der Waals surface area contributed by atoms with Crippen molar-refractivity contribution >= 4 is 29.2 Å². The van der Waals surface area contributed by atoms with Crippen LogP contribution in [0.4, 0.5) is 5.82 Å². The maximum atomic E-state index is 13.2. The Bertz CT molecular complexity index is 1050. The van der Waals surface area contributed by atoms with E-state index in [0.29, 0.717) is 23.1 Å². The van der Waals surface area contributed by atoms with Gasteiger partial charge in [0.25, 0.3) is 5.91 Å². The number of amides is 2. The topological polar surface area (TPSA) is 77.6 Å². The van der Waals surface area contributed by atoms with Gasteiger partial charge in [0, 0.05) is 35.9 Å². The molecule has 2 amide bonds. The van der Waals surface area contributed by atoms with Gasteiger partial charge < -0.3 is 10.6 Å². The fourth-order valence-corrected chi connectivity index (χ4v) is 5.32. The van der Waals surface area contributed by atoms with Crippen molar-refractivity contribution in [3.05, 3.63) is 57.7 Å². The molecule has 1 atom stereocenters. The summed E-state index contributed by atoms with van der Waals surface area (Å²) in [6.45, 7) is 7.79. The van der Waals surface area contributed by atoms with Crippen molar-refractivity contribution in [2.75, 3.05) is 32.0 Å². The highest BCUT2D eigenvalue weighted by Crippen LogP contribution is 2.28. The number of rotatable bonds is 6. The van der Waals surface area contributed by atoms with Crippen LogP contribution in [0, 0.1) is 13.8 Å². The lowest BCUT2D eigenvalue weighted by Gasteiger charge is -2.39. The monoisotopic (exact) mass is 483 g/mol. The lowest BCUT2D eigenvalue weighted by Crippen LogP contribution is -2.50. The minimum absolute atomic E-state index is 0.0301. The third-order valence-electron chi connectivity index (χ3n) is 6.95. The Kier molecular flexibility index (Phi) is 7.86. The first-order chi connectivity index (χ1) is 16.3. The summed E-state index contributed by atoms with van der Waals surface area (Å²) in [5, 5.41) is 6.40. The first-order valence-corrected chi connectivity index (χ1v) is 12.5. The summed E-state index contributed by atoms with van der Waals surface area (Å²) in [4.78, 5) is 34.5. The Morgan fingerprint density at radius 2 is 1.85 bits per heavy atom. The third kappa shape index (κ3) is 5.77. The van der Waals surface area contributed by atoms with E-state index < -0.39 is 0 Å². The second-order valence-corrected chi connectivity index (χ2v) is 9.84. The van der Waals surface area contributed by atoms with E-state index in [2.05, 4.69) is 37.6 Å². The van der Waals surface area contributed by atoms with E-state index in [1.54, 1.807) is 19.2 Å². The van der Waals surface area contributed by atoms with Crippen molar-refractivity contribution in [3.63, 3.8) is 0 Å². The van der Waals surface area contributed by atoms with Gasteiger partial charge in [-0.1, -0.05) is 23.7 Å². The van der Waals surface area contributed by atoms with Crippen molar-refractivity contribution < 1.29 is 9.59 Å². The minimum atomic E-state index is -0.191. The van der Waals surface area contributed by atoms with Crippen LogP contribution in [0.2, 0.25) is 5.02 Å². The summed E-state index contributed by atoms with van der Waals surface area (Å²) < 4.78 is 0. The molecule has 2 aliphatic rings. The van der Waals surface area contributed by atoms with Crippen LogP contribution in [0.15, 0.2) is 30.3 Å². The number of carbonyl (C=O) groups is 2. The maximum Gasteiger partial charge on any atom is 0.251 e. The highest BCUT2D eigenvalue weighted by atomic mass is 35.5. The first-order valence-electron chi connectivity index (χ1n) is 12.1. The summed E-state index contributed by atoms with van der Waals surface area (Å²) in [5.74, 6) is 0.213. The average Bonchev–Trinajstić information content (AvgIpc) is 3.31. The summed E-state index contributed by atoms with van der Waals surface area (Å²) >= 11 is 6.17. The molecule has 2 saturated heterocycles. The molecule has 1 aromatic heterocycles. The van der Waals surface area contributed by atoms with Crippen molar-refractivity contribution in [2.45, 2.75) is 58.2 Å². The van der Waals surface area contributed by atoms with Gasteiger partial charge in [-0.25, -0.2) is 4.98 Å². The van der Waals surface area contributed by atoms with Gasteiger partial charge in [-0.05, 0) is 88.5 Å². The molecule has 0 radical (unpaired) electrons. The van der Waals surface area contributed by atoms with Crippen molar-refractivity contribution in [3.8, 4) is 0 Å². The van der Waals surface area contributed by atoms with E-state index >= 15 is 0 Å². The number of nitrogens with one attached hydrogen (secondary N) is 2. The number of hydrogen-bond donors (Lipinski definition) is 2. The summed E-state index contributed by atoms with van der Waals surface area (Å²) in [5.41, 5.74) is 3.60. The summed E-state index contributed by atoms with van der Waals surface area (Å²) in [6, 6.07) is 9.87. The van der Waals surface area contributed by atoms with E-state index in [-0.39, 0.29) is 17.9 Å². The number of halogens is 1. The number of pyridine rings is 1. The Balaban J connectivity index is 1.34. The molecule has 7 nitrogen and oxygen atoms in total. The molecule has 8 heteroatoms. The van der Waals surface area contributed by atoms with Gasteiger partial charge in [0.05, 0.1) is 6.04 Å². The zero-order chi connectivity index (χ0) is 24.2. The SMILES string of the molecule is CNC(=O)c1cc(C)nc(NC(=O)[C@H]2CCCN2C2CCN(Cc3ccc(Cl)c(C)c3)CC2)c1. The zero-order valence-electron chi connectivity index (χ0n) is 20.2. The molecule has 0 spiro atoms. The van der Waals surface area contributed by atoms with E-state index in [9.17, 15) is 9.59 Å². The fraction of sp³-hybridized carbons (Fsp3) is 0.500. The van der Waals surface area contributed by atoms with Gasteiger partial charge >= 0.3 is 0 Å². The molecule has 182 valence electrons. The average molecular weight is 484 g/mol. The normalized spacial score (nSPS) is 19.8. The molecule has 3 heterocycles. The highest BCUT2D eigenvalue weighted by Gasteiger charge is 2.37. The van der Waals surface area contributed by atoms with Gasteiger partial charge in [0.2, 0.25) is 5.91 Å². The molecule has 2 fully saturated rings. The largest absolute Gasteiger partial charge is 0.355 e. The molecule has 2 aromatic rings. The van der Waals surface area contributed by atoms with E-state index in [1.807, 2.05) is 19.9 Å². The number of aryl methyl sites for hydroxylation is 2. The van der Waals surface area contributed by atoms with Crippen molar-refractivity contribution in [2.24, 2.45) is 0 Å². The smallest absolute Gasteiger partial charge is 0.251 e. The standard InChI is InChI=1S/C26H34ClN5O2/c1-17-13-19(6-7-22(17)27)16-31-11-8-21(9-12-31)32-10-4-5-23(32)26(34)30-24-15-20(25(33)28-3)14-18(2)29-24/h6-7,13-15,21,23H,4-5,8-12,16H2,1-3H3,(H,28,33)(H,29,30,34)/t23-/m1/s1. The molecule has 34 heavy (non-hydrogen) atoms. The number of carbonyl (C=O) groups excluding carboxylic acids is 2. The molecule has 2 N–H and O–H groups in total. The molecular weight excluding hydrogens is 450 g/mol. The number of hydrogen-bond acceptors (Lipinski definition) is 5. The Morgan fingerprint density at radius 3 is 2.56 bits per heavy atom. The second kappa shape index (κ2) is 10.8. The molecule has 1 aromatic carbocycles. The van der Waals surface area contributed by atoms with E-state index in [1.165, 1.54) is 5.56 Å². The van der Waals surface area contributed by atoms with Gasteiger partial charge in [-0.3, -0.25) is 19.4 Å². The molecule has 0 saturated carbocycles. The lowest BCUT2D eigenvalue weighted by molar-refractivity contribution is -0.121. The van der Waals surface area contributed by atoms with Crippen LogP contribution in [0.3, 0.4) is 0 Å². The van der Waals surface area contributed by atoms with Gasteiger partial charge in [-0.15, -0.1) is 0 Å². The molecule has 0 bridgehead atoms. The predicted molar refractivity (Wildman–Crippen MR) is 135 cm³/mol. The van der Waals surface area contributed by atoms with Crippen LogP contribution in [0.5, 0.6) is 0 Å². The quantitative estimate of drug-likeness (QED) is 0.653. The van der Waals surface area contributed by atoms with Crippen LogP contribution in [-0.4, -0.2) is 65.4 Å². The predicted octanol–water partition coefficient (Wildman–Crippen LogP) is 3.78. The fourth-order valence-electron chi connectivity index (χ4n) is 5.20.